The zero-order valence-electron chi connectivity index (χ0n) is 11.6. The first-order chi connectivity index (χ1) is 9.31. The number of ketones is 1. The lowest BCUT2D eigenvalue weighted by Gasteiger charge is -2.15. The van der Waals surface area contributed by atoms with Crippen LogP contribution in [0.5, 0.6) is 0 Å². The molecule has 1 rings (SSSR count). The van der Waals surface area contributed by atoms with E-state index in [4.69, 9.17) is 0 Å². The van der Waals surface area contributed by atoms with Gasteiger partial charge >= 0.3 is 6.18 Å². The molecule has 0 N–H and O–H groups in total. The summed E-state index contributed by atoms with van der Waals surface area (Å²) in [7, 11) is 0. The average molecular weight is 290 g/mol. The molecule has 0 spiro atoms. The number of alkyl halides is 3. The van der Waals surface area contributed by atoms with Crippen LogP contribution in [0.1, 0.15) is 55.5 Å². The highest BCUT2D eigenvalue weighted by Crippen LogP contribution is 2.32. The zero-order chi connectivity index (χ0) is 15.3. The molecule has 0 fully saturated rings. The van der Waals surface area contributed by atoms with Crippen LogP contribution in [0, 0.1) is 11.7 Å². The molecule has 0 amide bonds. The molecule has 0 aromatic heterocycles. The molecule has 0 bridgehead atoms. The van der Waals surface area contributed by atoms with Gasteiger partial charge in [-0.1, -0.05) is 32.8 Å². The standard InChI is InChI=1S/C15H18F4O/c1-3-5-10(6-4-2)14(20)11-7-8-12(13(16)9-11)15(17,18)19/h7-10H,3-6H2,1-2H3. The zero-order valence-corrected chi connectivity index (χ0v) is 11.6. The van der Waals surface area contributed by atoms with E-state index >= 15 is 0 Å². The fraction of sp³-hybridized carbons (Fsp3) is 0.533. The molecule has 0 unspecified atom stereocenters. The Bertz CT molecular complexity index is 459. The highest BCUT2D eigenvalue weighted by molar-refractivity contribution is 5.97. The molecule has 112 valence electrons. The highest BCUT2D eigenvalue weighted by Gasteiger charge is 2.34. The van der Waals surface area contributed by atoms with E-state index in [-0.39, 0.29) is 17.3 Å². The van der Waals surface area contributed by atoms with Gasteiger partial charge < -0.3 is 0 Å². The molecule has 1 aromatic carbocycles. The molecular formula is C15H18F4O. The molecule has 5 heteroatoms. The van der Waals surface area contributed by atoms with Gasteiger partial charge in [-0.15, -0.1) is 0 Å². The van der Waals surface area contributed by atoms with Gasteiger partial charge in [-0.25, -0.2) is 4.39 Å². The normalized spacial score (nSPS) is 11.9. The van der Waals surface area contributed by atoms with Crippen molar-refractivity contribution in [2.45, 2.75) is 45.7 Å². The highest BCUT2D eigenvalue weighted by atomic mass is 19.4. The minimum absolute atomic E-state index is 0.0161. The van der Waals surface area contributed by atoms with E-state index in [9.17, 15) is 22.4 Å². The second-order valence-corrected chi connectivity index (χ2v) is 4.83. The molecule has 1 aromatic rings. The first kappa shape index (κ1) is 16.7. The lowest BCUT2D eigenvalue weighted by atomic mass is 9.89. The predicted octanol–water partition coefficient (Wildman–Crippen LogP) is 5.24. The molecule has 1 nitrogen and oxygen atoms in total. The van der Waals surface area contributed by atoms with E-state index < -0.39 is 17.6 Å². The van der Waals surface area contributed by atoms with Crippen LogP contribution in [-0.4, -0.2) is 5.78 Å². The maximum absolute atomic E-state index is 13.5. The lowest BCUT2D eigenvalue weighted by molar-refractivity contribution is -0.140. The summed E-state index contributed by atoms with van der Waals surface area (Å²) in [6.45, 7) is 3.87. The summed E-state index contributed by atoms with van der Waals surface area (Å²) in [6, 6.07) is 2.40. The molecule has 0 saturated heterocycles. The number of halogens is 4. The second-order valence-electron chi connectivity index (χ2n) is 4.83. The van der Waals surface area contributed by atoms with Crippen LogP contribution in [0.2, 0.25) is 0 Å². The summed E-state index contributed by atoms with van der Waals surface area (Å²) in [5.74, 6) is -1.92. The molecule has 0 heterocycles. The number of hydrogen-bond acceptors (Lipinski definition) is 1. The Morgan fingerprint density at radius 3 is 2.10 bits per heavy atom. The van der Waals surface area contributed by atoms with Gasteiger partial charge in [0.15, 0.2) is 5.78 Å². The summed E-state index contributed by atoms with van der Waals surface area (Å²) in [5.41, 5.74) is -1.32. The van der Waals surface area contributed by atoms with Crippen molar-refractivity contribution in [3.05, 3.63) is 35.1 Å². The minimum Gasteiger partial charge on any atom is -0.294 e. The Morgan fingerprint density at radius 1 is 1.15 bits per heavy atom. The average Bonchev–Trinajstić information content (AvgIpc) is 2.36. The Morgan fingerprint density at radius 2 is 1.70 bits per heavy atom. The lowest BCUT2D eigenvalue weighted by Crippen LogP contribution is -2.16. The Labute approximate surface area is 116 Å². The fourth-order valence-electron chi connectivity index (χ4n) is 2.24. The Hall–Kier alpha value is -1.39. The summed E-state index contributed by atoms with van der Waals surface area (Å²) < 4.78 is 50.8. The van der Waals surface area contributed by atoms with Crippen molar-refractivity contribution in [2.75, 3.05) is 0 Å². The fourth-order valence-corrected chi connectivity index (χ4v) is 2.24. The molecule has 0 aliphatic heterocycles. The first-order valence-corrected chi connectivity index (χ1v) is 6.72. The van der Waals surface area contributed by atoms with Crippen molar-refractivity contribution in [3.8, 4) is 0 Å². The molecule has 20 heavy (non-hydrogen) atoms. The molecule has 0 radical (unpaired) electrons. The van der Waals surface area contributed by atoms with E-state index in [0.29, 0.717) is 25.0 Å². The number of rotatable bonds is 6. The molecule has 0 atom stereocenters. The van der Waals surface area contributed by atoms with Crippen molar-refractivity contribution in [1.29, 1.82) is 0 Å². The maximum atomic E-state index is 13.5. The number of carbonyl (C=O) groups excluding carboxylic acids is 1. The van der Waals surface area contributed by atoms with Gasteiger partial charge in [0.2, 0.25) is 0 Å². The van der Waals surface area contributed by atoms with Crippen LogP contribution in [-0.2, 0) is 6.18 Å². The van der Waals surface area contributed by atoms with Gasteiger partial charge in [-0.3, -0.25) is 4.79 Å². The van der Waals surface area contributed by atoms with Gasteiger partial charge in [0.25, 0.3) is 0 Å². The summed E-state index contributed by atoms with van der Waals surface area (Å²) in [6.07, 6.45) is -1.80. The van der Waals surface area contributed by atoms with Crippen LogP contribution in [0.15, 0.2) is 18.2 Å². The molecule has 0 aliphatic rings. The van der Waals surface area contributed by atoms with Crippen molar-refractivity contribution < 1.29 is 22.4 Å². The van der Waals surface area contributed by atoms with Gasteiger partial charge in [0, 0.05) is 11.5 Å². The van der Waals surface area contributed by atoms with E-state index in [1.165, 1.54) is 0 Å². The number of benzene rings is 1. The largest absolute Gasteiger partial charge is 0.419 e. The maximum Gasteiger partial charge on any atom is 0.419 e. The predicted molar refractivity (Wildman–Crippen MR) is 69.0 cm³/mol. The topological polar surface area (TPSA) is 17.1 Å². The molecule has 0 aliphatic carbocycles. The number of hydrogen-bond donors (Lipinski definition) is 0. The van der Waals surface area contributed by atoms with Crippen LogP contribution in [0.4, 0.5) is 17.6 Å². The van der Waals surface area contributed by atoms with E-state index in [1.54, 1.807) is 0 Å². The number of Topliss-reactive ketones (excluding diaryl/α,β-unsaturated/α-hetero) is 1. The van der Waals surface area contributed by atoms with Gasteiger partial charge in [0.1, 0.15) is 5.82 Å². The second kappa shape index (κ2) is 6.86. The first-order valence-electron chi connectivity index (χ1n) is 6.72. The van der Waals surface area contributed by atoms with Gasteiger partial charge in [-0.05, 0) is 25.0 Å². The summed E-state index contributed by atoms with van der Waals surface area (Å²) >= 11 is 0. The van der Waals surface area contributed by atoms with E-state index in [0.717, 1.165) is 18.9 Å². The third-order valence-electron chi connectivity index (χ3n) is 3.20. The van der Waals surface area contributed by atoms with Crippen LogP contribution in [0.25, 0.3) is 0 Å². The third-order valence-corrected chi connectivity index (χ3v) is 3.20. The smallest absolute Gasteiger partial charge is 0.294 e. The van der Waals surface area contributed by atoms with E-state index in [2.05, 4.69) is 0 Å². The van der Waals surface area contributed by atoms with Gasteiger partial charge in [-0.2, -0.15) is 13.2 Å². The quantitative estimate of drug-likeness (QED) is 0.517. The van der Waals surface area contributed by atoms with Crippen LogP contribution in [0.3, 0.4) is 0 Å². The third kappa shape index (κ3) is 4.05. The summed E-state index contributed by atoms with van der Waals surface area (Å²) in [5, 5.41) is 0. The Kier molecular flexibility index (Phi) is 5.72. The molecule has 0 saturated carbocycles. The van der Waals surface area contributed by atoms with Gasteiger partial charge in [0.05, 0.1) is 5.56 Å². The van der Waals surface area contributed by atoms with Crippen molar-refractivity contribution in [2.24, 2.45) is 5.92 Å². The van der Waals surface area contributed by atoms with Crippen LogP contribution < -0.4 is 0 Å². The van der Waals surface area contributed by atoms with Crippen molar-refractivity contribution in [1.82, 2.24) is 0 Å². The van der Waals surface area contributed by atoms with Crippen LogP contribution >= 0.6 is 0 Å². The monoisotopic (exact) mass is 290 g/mol. The number of carbonyl (C=O) groups is 1. The van der Waals surface area contributed by atoms with E-state index in [1.807, 2.05) is 13.8 Å². The minimum atomic E-state index is -4.74. The van der Waals surface area contributed by atoms with Crippen molar-refractivity contribution in [3.63, 3.8) is 0 Å². The summed E-state index contributed by atoms with van der Waals surface area (Å²) in [4.78, 5) is 12.2. The Balaban J connectivity index is 3.02. The SMILES string of the molecule is CCCC(CCC)C(=O)c1ccc(C(F)(F)F)c(F)c1. The molecular weight excluding hydrogens is 272 g/mol. The van der Waals surface area contributed by atoms with Crippen molar-refractivity contribution >= 4 is 5.78 Å².